The van der Waals surface area contributed by atoms with Crippen LogP contribution in [0.5, 0.6) is 5.75 Å². The predicted octanol–water partition coefficient (Wildman–Crippen LogP) is 5.61. The van der Waals surface area contributed by atoms with Gasteiger partial charge in [-0.1, -0.05) is 44.4 Å². The summed E-state index contributed by atoms with van der Waals surface area (Å²) >= 11 is 6.42. The van der Waals surface area contributed by atoms with Gasteiger partial charge in [-0.05, 0) is 98.2 Å². The van der Waals surface area contributed by atoms with Crippen LogP contribution in [-0.2, 0) is 26.7 Å². The van der Waals surface area contributed by atoms with Crippen molar-refractivity contribution in [3.05, 3.63) is 58.1 Å². The highest BCUT2D eigenvalue weighted by atomic mass is 35.5. The van der Waals surface area contributed by atoms with Crippen molar-refractivity contribution in [2.24, 2.45) is 17.8 Å². The van der Waals surface area contributed by atoms with Crippen LogP contribution in [-0.4, -0.2) is 51.7 Å². The molecule has 2 aliphatic carbocycles. The summed E-state index contributed by atoms with van der Waals surface area (Å²) in [5, 5.41) is 4.09. The van der Waals surface area contributed by atoms with Crippen LogP contribution in [0.25, 0.3) is 0 Å². The average Bonchev–Trinajstić information content (AvgIpc) is 3.11. The van der Waals surface area contributed by atoms with E-state index >= 15 is 0 Å². The van der Waals surface area contributed by atoms with Crippen LogP contribution in [0.4, 0.5) is 5.69 Å². The van der Waals surface area contributed by atoms with Crippen molar-refractivity contribution in [1.29, 1.82) is 0 Å². The van der Waals surface area contributed by atoms with Crippen LogP contribution in [0.2, 0.25) is 5.02 Å². The Kier molecular flexibility index (Phi) is 8.90. The summed E-state index contributed by atoms with van der Waals surface area (Å²) in [4.78, 5) is 28.5. The van der Waals surface area contributed by atoms with Crippen molar-refractivity contribution in [2.45, 2.75) is 83.1 Å². The van der Waals surface area contributed by atoms with E-state index in [-0.39, 0.29) is 29.0 Å². The van der Waals surface area contributed by atoms with E-state index in [0.717, 1.165) is 68.6 Å². The van der Waals surface area contributed by atoms with E-state index in [1.54, 1.807) is 12.1 Å². The molecule has 0 aromatic heterocycles. The lowest BCUT2D eigenvalue weighted by Gasteiger charge is -2.47. The highest BCUT2D eigenvalue weighted by Gasteiger charge is 2.44. The largest absolute Gasteiger partial charge is 0.490 e. The molecule has 2 bridgehead atoms. The molecule has 2 amide bonds. The summed E-state index contributed by atoms with van der Waals surface area (Å²) in [6.45, 7) is 5.82. The van der Waals surface area contributed by atoms with Crippen LogP contribution < -0.4 is 19.7 Å². The number of hydrogen-bond acceptors (Lipinski definition) is 6. The number of carbonyl (C=O) groups excluding carboxylic acids is 2. The minimum atomic E-state index is -3.79. The second kappa shape index (κ2) is 12.5. The SMILES string of the molecule is CC(C)C(=O)N[C@H]1CCCCCS(=O)(=O)NC(=O)c2ccc3c(c2)N(C[C@@H]2CC[C@H]21)C[C@@]1(CCCc2cc(Cl)ccc21)CO3. The maximum absolute atomic E-state index is 13.2. The predicted molar refractivity (Wildman–Crippen MR) is 173 cm³/mol. The molecule has 0 saturated heterocycles. The van der Waals surface area contributed by atoms with Crippen molar-refractivity contribution in [3.63, 3.8) is 0 Å². The van der Waals surface area contributed by atoms with Crippen molar-refractivity contribution >= 4 is 39.1 Å². The standard InChI is InChI=1S/C34H44ClN3O5S/c1-22(2)32(39)36-29-8-4-3-5-16-44(41,42)37-33(40)24-10-14-31-30(18-24)38(19-25-9-12-27(25)29)20-34(21-43-31)15-6-7-23-17-26(35)11-13-28(23)34/h10-11,13-14,17-18,22,25,27,29H,3-9,12,15-16,19-21H2,1-2H3,(H,36,39)(H,37,40)/t25-,27+,29-,34-/m0/s1. The van der Waals surface area contributed by atoms with Gasteiger partial charge in [0.1, 0.15) is 5.75 Å². The number of sulfonamides is 1. The Morgan fingerprint density at radius 3 is 2.70 bits per heavy atom. The lowest BCUT2D eigenvalue weighted by molar-refractivity contribution is -0.125. The normalized spacial score (nSPS) is 28.5. The third kappa shape index (κ3) is 6.45. The van der Waals surface area contributed by atoms with E-state index in [2.05, 4.69) is 27.1 Å². The van der Waals surface area contributed by atoms with Gasteiger partial charge in [-0.2, -0.15) is 0 Å². The first-order valence-electron chi connectivity index (χ1n) is 16.2. The molecule has 6 rings (SSSR count). The van der Waals surface area contributed by atoms with E-state index in [4.69, 9.17) is 16.3 Å². The molecule has 2 aromatic rings. The Morgan fingerprint density at radius 2 is 1.93 bits per heavy atom. The van der Waals surface area contributed by atoms with Crippen molar-refractivity contribution in [2.75, 3.05) is 30.3 Å². The Balaban J connectivity index is 1.39. The monoisotopic (exact) mass is 641 g/mol. The van der Waals surface area contributed by atoms with E-state index < -0.39 is 15.9 Å². The smallest absolute Gasteiger partial charge is 0.264 e. The van der Waals surface area contributed by atoms with Crippen molar-refractivity contribution in [1.82, 2.24) is 10.0 Å². The van der Waals surface area contributed by atoms with E-state index in [9.17, 15) is 18.0 Å². The summed E-state index contributed by atoms with van der Waals surface area (Å²) in [6.07, 6.45) is 7.91. The molecule has 1 fully saturated rings. The number of fused-ring (bicyclic) bond motifs is 4. The molecule has 2 heterocycles. The molecule has 2 aliphatic heterocycles. The minimum Gasteiger partial charge on any atom is -0.490 e. The topological polar surface area (TPSA) is 105 Å². The molecule has 8 nitrogen and oxygen atoms in total. The Morgan fingerprint density at radius 1 is 1.09 bits per heavy atom. The number of nitrogens with zero attached hydrogens (tertiary/aromatic N) is 1. The zero-order valence-electron chi connectivity index (χ0n) is 25.7. The summed E-state index contributed by atoms with van der Waals surface area (Å²) in [5.74, 6) is 0.639. The van der Waals surface area contributed by atoms with Crippen molar-refractivity contribution < 1.29 is 22.7 Å². The Bertz CT molecular complexity index is 1530. The second-order valence-corrected chi connectivity index (χ2v) is 15.9. The fourth-order valence-corrected chi connectivity index (χ4v) is 9.00. The van der Waals surface area contributed by atoms with Crippen LogP contribution in [0.3, 0.4) is 0 Å². The minimum absolute atomic E-state index is 0.0495. The van der Waals surface area contributed by atoms with Gasteiger partial charge in [0.05, 0.1) is 18.0 Å². The van der Waals surface area contributed by atoms with E-state index in [0.29, 0.717) is 42.7 Å². The molecular weight excluding hydrogens is 598 g/mol. The number of ether oxygens (including phenoxy) is 1. The van der Waals surface area contributed by atoms with Gasteiger partial charge in [-0.25, -0.2) is 13.1 Å². The highest BCUT2D eigenvalue weighted by molar-refractivity contribution is 7.90. The summed E-state index contributed by atoms with van der Waals surface area (Å²) in [6, 6.07) is 11.5. The lowest BCUT2D eigenvalue weighted by atomic mass is 9.67. The third-order valence-electron chi connectivity index (χ3n) is 10.3. The molecule has 4 aliphatic rings. The van der Waals surface area contributed by atoms with Gasteiger partial charge >= 0.3 is 0 Å². The van der Waals surface area contributed by atoms with Gasteiger partial charge in [0.25, 0.3) is 5.91 Å². The molecular formula is C34H44ClN3O5S. The zero-order valence-corrected chi connectivity index (χ0v) is 27.3. The molecule has 1 saturated carbocycles. The molecule has 238 valence electrons. The number of benzene rings is 2. The summed E-state index contributed by atoms with van der Waals surface area (Å²) in [5.41, 5.74) is 3.38. The van der Waals surface area contributed by atoms with Gasteiger partial charge in [0, 0.05) is 41.1 Å². The Labute approximate surface area is 266 Å². The van der Waals surface area contributed by atoms with Gasteiger partial charge in [-0.3, -0.25) is 9.59 Å². The number of carbonyl (C=O) groups is 2. The number of rotatable bonds is 2. The number of anilines is 1. The second-order valence-electron chi connectivity index (χ2n) is 13.7. The van der Waals surface area contributed by atoms with E-state index in [1.165, 1.54) is 11.1 Å². The fraction of sp³-hybridized carbons (Fsp3) is 0.588. The van der Waals surface area contributed by atoms with E-state index in [1.807, 2.05) is 26.0 Å². The molecule has 44 heavy (non-hydrogen) atoms. The average molecular weight is 642 g/mol. The molecule has 0 unspecified atom stereocenters. The van der Waals surface area contributed by atoms with Gasteiger partial charge in [0.15, 0.2) is 0 Å². The van der Waals surface area contributed by atoms with Crippen LogP contribution >= 0.6 is 11.6 Å². The summed E-state index contributed by atoms with van der Waals surface area (Å²) < 4.78 is 34.5. The first kappa shape index (κ1) is 31.2. The van der Waals surface area contributed by atoms with Crippen LogP contribution in [0.15, 0.2) is 36.4 Å². The maximum atomic E-state index is 13.2. The molecule has 10 heteroatoms. The highest BCUT2D eigenvalue weighted by Crippen LogP contribution is 2.47. The quantitative estimate of drug-likeness (QED) is 0.442. The zero-order chi connectivity index (χ0) is 31.1. The Hall–Kier alpha value is -2.78. The first-order valence-corrected chi connectivity index (χ1v) is 18.2. The lowest BCUT2D eigenvalue weighted by Crippen LogP contribution is -2.52. The molecule has 4 atom stereocenters. The van der Waals surface area contributed by atoms with Gasteiger partial charge < -0.3 is 15.0 Å². The summed E-state index contributed by atoms with van der Waals surface area (Å²) in [7, 11) is -3.79. The van der Waals surface area contributed by atoms with Crippen LogP contribution in [0.1, 0.15) is 86.7 Å². The molecule has 0 radical (unpaired) electrons. The first-order chi connectivity index (χ1) is 21.0. The van der Waals surface area contributed by atoms with Crippen LogP contribution in [0, 0.1) is 17.8 Å². The number of nitrogens with one attached hydrogen (secondary N) is 2. The number of halogens is 1. The molecule has 2 N–H and O–H groups in total. The maximum Gasteiger partial charge on any atom is 0.264 e. The van der Waals surface area contributed by atoms with Crippen molar-refractivity contribution in [3.8, 4) is 5.75 Å². The fourth-order valence-electron chi connectivity index (χ4n) is 7.72. The molecule has 2 aromatic carbocycles. The van der Waals surface area contributed by atoms with Gasteiger partial charge in [-0.15, -0.1) is 0 Å². The number of amides is 2. The van der Waals surface area contributed by atoms with Gasteiger partial charge in [0.2, 0.25) is 15.9 Å². The number of aryl methyl sites for hydroxylation is 1. The molecule has 1 spiro atoms. The number of hydrogen-bond donors (Lipinski definition) is 2. The third-order valence-corrected chi connectivity index (χ3v) is 11.8.